The number of benzene rings is 2. The first-order chi connectivity index (χ1) is 13.0. The Balaban J connectivity index is 2.51. The lowest BCUT2D eigenvalue weighted by Gasteiger charge is -2.22. The second-order valence-electron chi connectivity index (χ2n) is 5.78. The predicted molar refractivity (Wildman–Crippen MR) is 98.4 cm³/mol. The van der Waals surface area contributed by atoms with Crippen LogP contribution in [0.15, 0.2) is 65.7 Å². The molecule has 0 fully saturated rings. The lowest BCUT2D eigenvalue weighted by atomic mass is 9.99. The summed E-state index contributed by atoms with van der Waals surface area (Å²) < 4.78 is 34.8. The van der Waals surface area contributed by atoms with Crippen molar-refractivity contribution in [3.05, 3.63) is 71.8 Å². The highest BCUT2D eigenvalue weighted by Crippen LogP contribution is 2.32. The van der Waals surface area contributed by atoms with E-state index in [0.717, 1.165) is 0 Å². The van der Waals surface area contributed by atoms with Crippen molar-refractivity contribution in [2.24, 2.45) is 10.9 Å². The van der Waals surface area contributed by atoms with E-state index in [4.69, 9.17) is 10.00 Å². The van der Waals surface area contributed by atoms with Gasteiger partial charge < -0.3 is 4.74 Å². The molecular weight excluding hydrogens is 350 g/mol. The average Bonchev–Trinajstić information content (AvgIpc) is 2.68. The molecule has 0 spiro atoms. The van der Waals surface area contributed by atoms with Gasteiger partial charge in [0, 0.05) is 17.5 Å². The minimum atomic E-state index is -3.72. The molecule has 27 heavy (non-hydrogen) atoms. The van der Waals surface area contributed by atoms with Gasteiger partial charge in [-0.15, -0.1) is 0 Å². The first-order valence-corrected chi connectivity index (χ1v) is 8.61. The monoisotopic (exact) mass is 370 g/mol. The summed E-state index contributed by atoms with van der Waals surface area (Å²) in [4.78, 5) is 15.7. The van der Waals surface area contributed by atoms with Gasteiger partial charge in [0.2, 0.25) is 0 Å². The number of hydrogen-bond acceptors (Lipinski definition) is 4. The van der Waals surface area contributed by atoms with E-state index < -0.39 is 17.9 Å². The largest absolute Gasteiger partial charge is 0.466 e. The Kier molecular flexibility index (Phi) is 7.18. The number of halogens is 2. The number of nitriles is 1. The molecule has 1 unspecified atom stereocenters. The van der Waals surface area contributed by atoms with Gasteiger partial charge in [0.25, 0.3) is 0 Å². The van der Waals surface area contributed by atoms with Crippen LogP contribution in [0.2, 0.25) is 0 Å². The third kappa shape index (κ3) is 5.45. The minimum Gasteiger partial charge on any atom is -0.466 e. The molecule has 4 nitrogen and oxygen atoms in total. The van der Waals surface area contributed by atoms with Crippen LogP contribution < -0.4 is 0 Å². The van der Waals surface area contributed by atoms with Crippen molar-refractivity contribution in [2.75, 3.05) is 6.61 Å². The van der Waals surface area contributed by atoms with Gasteiger partial charge >= 0.3 is 12.0 Å². The van der Waals surface area contributed by atoms with Crippen LogP contribution >= 0.6 is 0 Å². The second-order valence-corrected chi connectivity index (χ2v) is 5.78. The van der Waals surface area contributed by atoms with E-state index >= 15 is 8.78 Å². The van der Waals surface area contributed by atoms with Crippen molar-refractivity contribution >= 4 is 11.7 Å². The second kappa shape index (κ2) is 9.58. The molecule has 2 rings (SSSR count). The number of aliphatic imine (C=N–C) groups is 1. The lowest BCUT2D eigenvalue weighted by Crippen LogP contribution is -2.35. The lowest BCUT2D eigenvalue weighted by molar-refractivity contribution is -0.162. The third-order valence-corrected chi connectivity index (χ3v) is 3.89. The maximum atomic E-state index is 15.0. The Labute approximate surface area is 157 Å². The van der Waals surface area contributed by atoms with E-state index in [1.165, 1.54) is 0 Å². The van der Waals surface area contributed by atoms with E-state index in [1.807, 2.05) is 0 Å². The SMILES string of the molecule is CCOC(=O)C(CCC#N)C(F)(F)N=C(c1ccccc1)c1ccccc1. The third-order valence-electron chi connectivity index (χ3n) is 3.89. The zero-order valence-electron chi connectivity index (χ0n) is 14.9. The topological polar surface area (TPSA) is 62.5 Å². The van der Waals surface area contributed by atoms with E-state index in [1.54, 1.807) is 73.7 Å². The Morgan fingerprint density at radius 3 is 2.07 bits per heavy atom. The van der Waals surface area contributed by atoms with E-state index in [2.05, 4.69) is 4.99 Å². The molecule has 0 radical (unpaired) electrons. The summed E-state index contributed by atoms with van der Waals surface area (Å²) in [6.45, 7) is 1.52. The van der Waals surface area contributed by atoms with Gasteiger partial charge in [0.1, 0.15) is 5.92 Å². The Bertz CT molecular complexity index is 774. The quantitative estimate of drug-likeness (QED) is 0.388. The van der Waals surface area contributed by atoms with Crippen molar-refractivity contribution < 1.29 is 18.3 Å². The zero-order chi connectivity index (χ0) is 19.7. The number of carbonyl (C=O) groups excluding carboxylic acids is 1. The van der Waals surface area contributed by atoms with Gasteiger partial charge in [-0.1, -0.05) is 60.7 Å². The Morgan fingerprint density at radius 1 is 1.11 bits per heavy atom. The van der Waals surface area contributed by atoms with Crippen molar-refractivity contribution in [3.8, 4) is 6.07 Å². The summed E-state index contributed by atoms with van der Waals surface area (Å²) in [6.07, 6.45) is -0.525. The first-order valence-electron chi connectivity index (χ1n) is 8.61. The smallest absolute Gasteiger partial charge is 0.356 e. The summed E-state index contributed by atoms with van der Waals surface area (Å²) in [5, 5.41) is 8.75. The fraction of sp³-hybridized carbons (Fsp3) is 0.286. The molecule has 0 saturated heterocycles. The zero-order valence-corrected chi connectivity index (χ0v) is 14.9. The van der Waals surface area contributed by atoms with Gasteiger partial charge in [0.05, 0.1) is 18.4 Å². The molecule has 0 aliphatic carbocycles. The van der Waals surface area contributed by atoms with Crippen molar-refractivity contribution in [3.63, 3.8) is 0 Å². The molecule has 6 heteroatoms. The highest BCUT2D eigenvalue weighted by molar-refractivity contribution is 6.13. The first kappa shape index (κ1) is 20.2. The Hall–Kier alpha value is -3.07. The van der Waals surface area contributed by atoms with Gasteiger partial charge in [-0.25, -0.2) is 4.99 Å². The molecule has 0 aliphatic heterocycles. The number of esters is 1. The van der Waals surface area contributed by atoms with Gasteiger partial charge in [-0.2, -0.15) is 14.0 Å². The molecule has 1 atom stereocenters. The van der Waals surface area contributed by atoms with E-state index in [9.17, 15) is 4.79 Å². The molecule has 0 N–H and O–H groups in total. The van der Waals surface area contributed by atoms with Gasteiger partial charge in [0.15, 0.2) is 0 Å². The van der Waals surface area contributed by atoms with Gasteiger partial charge in [-0.3, -0.25) is 4.79 Å². The van der Waals surface area contributed by atoms with Crippen LogP contribution in [0.5, 0.6) is 0 Å². The minimum absolute atomic E-state index is 0.0219. The number of ether oxygens (including phenoxy) is 1. The number of nitrogens with zero attached hydrogens (tertiary/aromatic N) is 2. The normalized spacial score (nSPS) is 11.9. The number of rotatable bonds is 8. The maximum absolute atomic E-state index is 15.0. The molecule has 140 valence electrons. The Morgan fingerprint density at radius 2 is 1.63 bits per heavy atom. The van der Waals surface area contributed by atoms with Crippen LogP contribution in [0.25, 0.3) is 0 Å². The molecule has 0 aromatic heterocycles. The standard InChI is InChI=1S/C21H20F2N2O2/c1-2-27-20(26)18(14-9-15-24)21(22,23)25-19(16-10-5-3-6-11-16)17-12-7-4-8-13-17/h3-8,10-13,18H,2,9,14H2,1H3. The summed E-state index contributed by atoms with van der Waals surface area (Å²) in [5.41, 5.74) is 1.09. The molecule has 2 aromatic rings. The highest BCUT2D eigenvalue weighted by Gasteiger charge is 2.45. The number of alkyl halides is 2. The van der Waals surface area contributed by atoms with E-state index in [0.29, 0.717) is 11.1 Å². The average molecular weight is 370 g/mol. The molecule has 2 aromatic carbocycles. The van der Waals surface area contributed by atoms with Crippen LogP contribution in [-0.4, -0.2) is 24.3 Å². The molecule has 0 heterocycles. The van der Waals surface area contributed by atoms with Crippen LogP contribution in [-0.2, 0) is 9.53 Å². The summed E-state index contributed by atoms with van der Waals surface area (Å²) in [7, 11) is 0. The summed E-state index contributed by atoms with van der Waals surface area (Å²) >= 11 is 0. The molecule has 0 aliphatic rings. The molecule has 0 amide bonds. The number of hydrogen-bond donors (Lipinski definition) is 0. The highest BCUT2D eigenvalue weighted by atomic mass is 19.3. The van der Waals surface area contributed by atoms with Crippen LogP contribution in [0.3, 0.4) is 0 Å². The van der Waals surface area contributed by atoms with Gasteiger partial charge in [-0.05, 0) is 13.3 Å². The van der Waals surface area contributed by atoms with Crippen molar-refractivity contribution in [1.29, 1.82) is 5.26 Å². The predicted octanol–water partition coefficient (Wildman–Crippen LogP) is 4.60. The molecule has 0 bridgehead atoms. The van der Waals surface area contributed by atoms with E-state index in [-0.39, 0.29) is 25.2 Å². The molecular formula is C21H20F2N2O2. The molecule has 0 saturated carbocycles. The number of carbonyl (C=O) groups is 1. The maximum Gasteiger partial charge on any atom is 0.356 e. The fourth-order valence-electron chi connectivity index (χ4n) is 2.60. The van der Waals surface area contributed by atoms with Crippen LogP contribution in [0.4, 0.5) is 8.78 Å². The fourth-order valence-corrected chi connectivity index (χ4v) is 2.60. The van der Waals surface area contributed by atoms with Crippen molar-refractivity contribution in [1.82, 2.24) is 0 Å². The van der Waals surface area contributed by atoms with Crippen LogP contribution in [0.1, 0.15) is 30.9 Å². The summed E-state index contributed by atoms with van der Waals surface area (Å²) in [6, 6.07) is 15.2. The van der Waals surface area contributed by atoms with Crippen molar-refractivity contribution in [2.45, 2.75) is 25.8 Å². The summed E-state index contributed by atoms with van der Waals surface area (Å²) in [5.74, 6) is -2.87. The van der Waals surface area contributed by atoms with Crippen LogP contribution in [0, 0.1) is 17.2 Å².